The van der Waals surface area contributed by atoms with E-state index in [-0.39, 0.29) is 5.92 Å². The molecule has 1 fully saturated rings. The van der Waals surface area contributed by atoms with Gasteiger partial charge in [-0.25, -0.2) is 4.79 Å². The number of hydrogen-bond donors (Lipinski definition) is 2. The highest BCUT2D eigenvalue weighted by Gasteiger charge is 2.43. The van der Waals surface area contributed by atoms with E-state index in [1.54, 1.807) is 0 Å². The molecular formula is C14H26O3. The Balaban J connectivity index is 2.71. The quantitative estimate of drug-likeness (QED) is 0.728. The van der Waals surface area contributed by atoms with Gasteiger partial charge in [0.1, 0.15) is 0 Å². The molecule has 17 heavy (non-hydrogen) atoms. The van der Waals surface area contributed by atoms with Crippen LogP contribution in [0.15, 0.2) is 0 Å². The lowest BCUT2D eigenvalue weighted by Crippen LogP contribution is -2.45. The molecule has 0 aromatic carbocycles. The van der Waals surface area contributed by atoms with Gasteiger partial charge >= 0.3 is 5.97 Å². The average Bonchev–Trinajstić information content (AvgIpc) is 2.54. The van der Waals surface area contributed by atoms with Gasteiger partial charge in [0.15, 0.2) is 5.60 Å². The van der Waals surface area contributed by atoms with Gasteiger partial charge in [-0.3, -0.25) is 0 Å². The first kappa shape index (κ1) is 14.5. The summed E-state index contributed by atoms with van der Waals surface area (Å²) in [7, 11) is 0. The largest absolute Gasteiger partial charge is 0.479 e. The smallest absolute Gasteiger partial charge is 0.335 e. The van der Waals surface area contributed by atoms with Crippen LogP contribution in [0.1, 0.15) is 65.2 Å². The van der Waals surface area contributed by atoms with E-state index in [9.17, 15) is 15.0 Å². The number of carboxylic acid groups (broad SMARTS) is 1. The maximum absolute atomic E-state index is 11.3. The molecule has 100 valence electrons. The summed E-state index contributed by atoms with van der Waals surface area (Å²) in [4.78, 5) is 11.3. The van der Waals surface area contributed by atoms with Crippen molar-refractivity contribution in [2.24, 2.45) is 11.8 Å². The third-order valence-electron chi connectivity index (χ3n) is 4.34. The van der Waals surface area contributed by atoms with Crippen molar-refractivity contribution in [2.75, 3.05) is 0 Å². The maximum atomic E-state index is 11.3. The predicted octanol–water partition coefficient (Wildman–Crippen LogP) is 3.21. The first-order valence-corrected chi connectivity index (χ1v) is 7.00. The van der Waals surface area contributed by atoms with Crippen LogP contribution in [-0.4, -0.2) is 21.8 Å². The van der Waals surface area contributed by atoms with Crippen molar-refractivity contribution in [3.8, 4) is 0 Å². The number of carboxylic acids is 1. The van der Waals surface area contributed by atoms with Crippen molar-refractivity contribution in [3.05, 3.63) is 0 Å². The van der Waals surface area contributed by atoms with Crippen molar-refractivity contribution in [3.63, 3.8) is 0 Å². The average molecular weight is 242 g/mol. The molecule has 0 aromatic rings. The normalized spacial score (nSPS) is 29.4. The molecule has 0 aliphatic heterocycles. The first-order chi connectivity index (χ1) is 8.04. The molecule has 1 saturated carbocycles. The van der Waals surface area contributed by atoms with E-state index < -0.39 is 11.6 Å². The molecule has 0 amide bonds. The minimum atomic E-state index is -1.49. The van der Waals surface area contributed by atoms with Crippen LogP contribution in [-0.2, 0) is 4.79 Å². The molecule has 0 bridgehead atoms. The standard InChI is InChI=1S/C14H26O3/c1-3-10-14(17,13(15)16)12-7-5-6-11(4-2)8-9-12/h11-12,17H,3-10H2,1-2H3,(H,15,16). The fourth-order valence-electron chi connectivity index (χ4n) is 3.13. The third-order valence-corrected chi connectivity index (χ3v) is 4.34. The van der Waals surface area contributed by atoms with Crippen molar-refractivity contribution >= 4 is 5.97 Å². The second kappa shape index (κ2) is 6.39. The topological polar surface area (TPSA) is 57.5 Å². The Labute approximate surface area is 104 Å². The fourth-order valence-corrected chi connectivity index (χ4v) is 3.13. The minimum absolute atomic E-state index is 0.0588. The molecule has 0 spiro atoms. The van der Waals surface area contributed by atoms with E-state index in [0.717, 1.165) is 38.0 Å². The number of rotatable bonds is 5. The number of aliphatic hydroxyl groups is 1. The highest BCUT2D eigenvalue weighted by molar-refractivity contribution is 5.77. The molecule has 0 radical (unpaired) electrons. The van der Waals surface area contributed by atoms with Crippen molar-refractivity contribution < 1.29 is 15.0 Å². The van der Waals surface area contributed by atoms with Crippen LogP contribution in [0.4, 0.5) is 0 Å². The molecule has 3 heteroatoms. The van der Waals surface area contributed by atoms with Gasteiger partial charge in [-0.1, -0.05) is 46.0 Å². The maximum Gasteiger partial charge on any atom is 0.335 e. The Morgan fingerprint density at radius 3 is 2.47 bits per heavy atom. The molecule has 1 rings (SSSR count). The van der Waals surface area contributed by atoms with E-state index in [2.05, 4.69) is 6.92 Å². The summed E-state index contributed by atoms with van der Waals surface area (Å²) < 4.78 is 0. The van der Waals surface area contributed by atoms with Crippen LogP contribution < -0.4 is 0 Å². The Morgan fingerprint density at radius 1 is 1.24 bits per heavy atom. The lowest BCUT2D eigenvalue weighted by atomic mass is 9.79. The van der Waals surface area contributed by atoms with Gasteiger partial charge in [-0.05, 0) is 31.1 Å². The van der Waals surface area contributed by atoms with Crippen molar-refractivity contribution in [2.45, 2.75) is 70.8 Å². The van der Waals surface area contributed by atoms with E-state index in [4.69, 9.17) is 0 Å². The molecule has 3 unspecified atom stereocenters. The molecule has 2 N–H and O–H groups in total. The van der Waals surface area contributed by atoms with Crippen LogP contribution in [0.25, 0.3) is 0 Å². The first-order valence-electron chi connectivity index (χ1n) is 7.00. The van der Waals surface area contributed by atoms with Crippen LogP contribution in [0, 0.1) is 11.8 Å². The molecular weight excluding hydrogens is 216 g/mol. The lowest BCUT2D eigenvalue weighted by molar-refractivity contribution is -0.166. The Bertz CT molecular complexity index is 252. The second-order valence-corrected chi connectivity index (χ2v) is 5.46. The summed E-state index contributed by atoms with van der Waals surface area (Å²) in [6.07, 6.45) is 7.31. The van der Waals surface area contributed by atoms with Gasteiger partial charge in [0, 0.05) is 0 Å². The fraction of sp³-hybridized carbons (Fsp3) is 0.929. The van der Waals surface area contributed by atoms with Crippen LogP contribution in [0.3, 0.4) is 0 Å². The second-order valence-electron chi connectivity index (χ2n) is 5.46. The Hall–Kier alpha value is -0.570. The van der Waals surface area contributed by atoms with Gasteiger partial charge in [0.05, 0.1) is 0 Å². The van der Waals surface area contributed by atoms with Crippen LogP contribution >= 0.6 is 0 Å². The molecule has 1 aliphatic rings. The van der Waals surface area contributed by atoms with Gasteiger partial charge < -0.3 is 10.2 Å². The van der Waals surface area contributed by atoms with Crippen molar-refractivity contribution in [1.82, 2.24) is 0 Å². The summed E-state index contributed by atoms with van der Waals surface area (Å²) in [6, 6.07) is 0. The molecule has 1 aliphatic carbocycles. The zero-order valence-corrected chi connectivity index (χ0v) is 11.1. The highest BCUT2D eigenvalue weighted by atomic mass is 16.4. The summed E-state index contributed by atoms with van der Waals surface area (Å²) in [6.45, 7) is 4.12. The number of carbonyl (C=O) groups is 1. The van der Waals surface area contributed by atoms with Gasteiger partial charge in [-0.15, -0.1) is 0 Å². The summed E-state index contributed by atoms with van der Waals surface area (Å²) in [5.41, 5.74) is -1.49. The van der Waals surface area contributed by atoms with E-state index >= 15 is 0 Å². The number of hydrogen-bond acceptors (Lipinski definition) is 2. The van der Waals surface area contributed by atoms with Crippen molar-refractivity contribution in [1.29, 1.82) is 0 Å². The SMILES string of the molecule is CCCC(O)(C(=O)O)C1CCCC(CC)CC1. The number of aliphatic carboxylic acids is 1. The molecule has 0 heterocycles. The summed E-state index contributed by atoms with van der Waals surface area (Å²) in [5.74, 6) is -0.365. The summed E-state index contributed by atoms with van der Waals surface area (Å²) >= 11 is 0. The minimum Gasteiger partial charge on any atom is -0.479 e. The molecule has 0 aromatic heterocycles. The third kappa shape index (κ3) is 3.44. The highest BCUT2D eigenvalue weighted by Crippen LogP contribution is 2.37. The molecule has 0 saturated heterocycles. The molecule has 3 nitrogen and oxygen atoms in total. The lowest BCUT2D eigenvalue weighted by Gasteiger charge is -2.31. The van der Waals surface area contributed by atoms with E-state index in [0.29, 0.717) is 6.42 Å². The van der Waals surface area contributed by atoms with E-state index in [1.807, 2.05) is 6.92 Å². The molecule has 3 atom stereocenters. The predicted molar refractivity (Wildman–Crippen MR) is 67.8 cm³/mol. The monoisotopic (exact) mass is 242 g/mol. The van der Waals surface area contributed by atoms with Crippen LogP contribution in [0.2, 0.25) is 0 Å². The van der Waals surface area contributed by atoms with Gasteiger partial charge in [0.25, 0.3) is 0 Å². The van der Waals surface area contributed by atoms with Crippen LogP contribution in [0.5, 0.6) is 0 Å². The Morgan fingerprint density at radius 2 is 1.94 bits per heavy atom. The van der Waals surface area contributed by atoms with Gasteiger partial charge in [-0.2, -0.15) is 0 Å². The van der Waals surface area contributed by atoms with E-state index in [1.165, 1.54) is 12.8 Å². The summed E-state index contributed by atoms with van der Waals surface area (Å²) in [5, 5.41) is 19.7. The zero-order valence-electron chi connectivity index (χ0n) is 11.1. The zero-order chi connectivity index (χ0) is 12.9. The van der Waals surface area contributed by atoms with Gasteiger partial charge in [0.2, 0.25) is 0 Å². The Kier molecular flexibility index (Phi) is 5.44.